The third-order valence-corrected chi connectivity index (χ3v) is 3.99. The highest BCUT2D eigenvalue weighted by atomic mass is 79.9. The maximum absolute atomic E-state index is 4.45. The summed E-state index contributed by atoms with van der Waals surface area (Å²) in [6.07, 6.45) is 4.51. The number of hydrogen-bond acceptors (Lipinski definition) is 2. The number of halogens is 1. The number of nitrogens with zero attached hydrogens (tertiary/aromatic N) is 2. The first-order valence-corrected chi connectivity index (χ1v) is 6.93. The Bertz CT molecular complexity index is 514. The molecule has 3 rings (SSSR count). The number of benzene rings is 1. The predicted octanol–water partition coefficient (Wildman–Crippen LogP) is 2.80. The quantitative estimate of drug-likeness (QED) is 0.923. The van der Waals surface area contributed by atoms with Gasteiger partial charge in [0, 0.05) is 11.0 Å². The van der Waals surface area contributed by atoms with Crippen molar-refractivity contribution in [2.75, 3.05) is 13.1 Å². The maximum atomic E-state index is 4.45. The van der Waals surface area contributed by atoms with Gasteiger partial charge in [0.25, 0.3) is 0 Å². The molecular formula is C13H16BrN3. The van der Waals surface area contributed by atoms with Crippen molar-refractivity contribution in [1.29, 1.82) is 0 Å². The van der Waals surface area contributed by atoms with Gasteiger partial charge in [-0.05, 0) is 50.0 Å². The maximum Gasteiger partial charge on any atom is 0.0958 e. The van der Waals surface area contributed by atoms with E-state index in [-0.39, 0.29) is 0 Å². The summed E-state index contributed by atoms with van der Waals surface area (Å²) in [7, 11) is 0. The van der Waals surface area contributed by atoms with Gasteiger partial charge in [-0.1, -0.05) is 15.9 Å². The van der Waals surface area contributed by atoms with E-state index in [1.807, 2.05) is 12.4 Å². The van der Waals surface area contributed by atoms with Gasteiger partial charge in [-0.15, -0.1) is 0 Å². The molecule has 0 saturated carbocycles. The average Bonchev–Trinajstić information content (AvgIpc) is 2.73. The largest absolute Gasteiger partial charge is 0.330 e. The fraction of sp³-hybridized carbons (Fsp3) is 0.462. The first-order chi connectivity index (χ1) is 8.33. The molecule has 0 spiro atoms. The third-order valence-electron chi connectivity index (χ3n) is 3.50. The van der Waals surface area contributed by atoms with Crippen molar-refractivity contribution < 1.29 is 0 Å². The van der Waals surface area contributed by atoms with Gasteiger partial charge < -0.3 is 9.88 Å². The number of piperidine rings is 1. The van der Waals surface area contributed by atoms with Crippen LogP contribution in [0.3, 0.4) is 0 Å². The zero-order valence-electron chi connectivity index (χ0n) is 9.69. The van der Waals surface area contributed by atoms with Gasteiger partial charge in [-0.2, -0.15) is 0 Å². The Balaban J connectivity index is 1.86. The van der Waals surface area contributed by atoms with Crippen LogP contribution >= 0.6 is 15.9 Å². The van der Waals surface area contributed by atoms with E-state index in [1.54, 1.807) is 0 Å². The van der Waals surface area contributed by atoms with Gasteiger partial charge in [-0.3, -0.25) is 0 Å². The molecule has 1 saturated heterocycles. The molecule has 0 bridgehead atoms. The SMILES string of the molecule is Brc1ccc2ncn(CC3CCNCC3)c2c1. The number of nitrogens with one attached hydrogen (secondary N) is 1. The van der Waals surface area contributed by atoms with Gasteiger partial charge >= 0.3 is 0 Å². The average molecular weight is 294 g/mol. The molecule has 90 valence electrons. The second-order valence-electron chi connectivity index (χ2n) is 4.72. The van der Waals surface area contributed by atoms with Crippen LogP contribution in [0.4, 0.5) is 0 Å². The summed E-state index contributed by atoms with van der Waals surface area (Å²) in [5.74, 6) is 0.785. The normalized spacial score (nSPS) is 17.7. The molecule has 17 heavy (non-hydrogen) atoms. The van der Waals surface area contributed by atoms with Crippen LogP contribution in [0, 0.1) is 5.92 Å². The van der Waals surface area contributed by atoms with Crippen LogP contribution in [-0.2, 0) is 6.54 Å². The fourth-order valence-electron chi connectivity index (χ4n) is 2.52. The number of fused-ring (bicyclic) bond motifs is 1. The minimum Gasteiger partial charge on any atom is -0.330 e. The van der Waals surface area contributed by atoms with Crippen molar-refractivity contribution in [2.45, 2.75) is 19.4 Å². The van der Waals surface area contributed by atoms with Crippen molar-refractivity contribution in [1.82, 2.24) is 14.9 Å². The van der Waals surface area contributed by atoms with Crippen molar-refractivity contribution in [3.05, 3.63) is 29.0 Å². The summed E-state index contributed by atoms with van der Waals surface area (Å²) in [6.45, 7) is 3.40. The first-order valence-electron chi connectivity index (χ1n) is 6.14. The van der Waals surface area contributed by atoms with E-state index in [0.29, 0.717) is 0 Å². The Hall–Kier alpha value is -0.870. The highest BCUT2D eigenvalue weighted by Crippen LogP contribution is 2.21. The molecule has 0 atom stereocenters. The Morgan fingerprint density at radius 3 is 3.00 bits per heavy atom. The van der Waals surface area contributed by atoms with Crippen molar-refractivity contribution >= 4 is 27.0 Å². The molecule has 1 aliphatic rings. The van der Waals surface area contributed by atoms with Gasteiger partial charge in [-0.25, -0.2) is 4.98 Å². The lowest BCUT2D eigenvalue weighted by Gasteiger charge is -2.23. The van der Waals surface area contributed by atoms with E-state index in [9.17, 15) is 0 Å². The molecule has 2 aromatic rings. The zero-order chi connectivity index (χ0) is 11.7. The standard InChI is InChI=1S/C13H16BrN3/c14-11-1-2-12-13(7-11)17(9-16-12)8-10-3-5-15-6-4-10/h1-2,7,9-10,15H,3-6,8H2. The summed E-state index contributed by atoms with van der Waals surface area (Å²) >= 11 is 3.53. The number of imidazole rings is 1. The van der Waals surface area contributed by atoms with Crippen LogP contribution in [0.25, 0.3) is 11.0 Å². The van der Waals surface area contributed by atoms with Crippen LogP contribution in [0.5, 0.6) is 0 Å². The second-order valence-corrected chi connectivity index (χ2v) is 5.64. The molecule has 0 aliphatic carbocycles. The highest BCUT2D eigenvalue weighted by molar-refractivity contribution is 9.10. The first kappa shape index (κ1) is 11.2. The second kappa shape index (κ2) is 4.78. The minimum atomic E-state index is 0.785. The summed E-state index contributed by atoms with van der Waals surface area (Å²) < 4.78 is 3.41. The highest BCUT2D eigenvalue weighted by Gasteiger charge is 2.14. The summed E-state index contributed by atoms with van der Waals surface area (Å²) in [5.41, 5.74) is 2.32. The summed E-state index contributed by atoms with van der Waals surface area (Å²) in [4.78, 5) is 4.45. The minimum absolute atomic E-state index is 0.785. The number of aromatic nitrogens is 2. The van der Waals surface area contributed by atoms with E-state index in [1.165, 1.54) is 18.4 Å². The molecule has 1 aliphatic heterocycles. The number of hydrogen-bond donors (Lipinski definition) is 1. The molecular weight excluding hydrogens is 278 g/mol. The van der Waals surface area contributed by atoms with Gasteiger partial charge in [0.05, 0.1) is 17.4 Å². The van der Waals surface area contributed by atoms with Crippen LogP contribution in [0.15, 0.2) is 29.0 Å². The van der Waals surface area contributed by atoms with Gasteiger partial charge in [0.2, 0.25) is 0 Å². The lowest BCUT2D eigenvalue weighted by atomic mass is 9.98. The van der Waals surface area contributed by atoms with Gasteiger partial charge in [0.15, 0.2) is 0 Å². The lowest BCUT2D eigenvalue weighted by molar-refractivity contribution is 0.336. The molecule has 3 nitrogen and oxygen atoms in total. The van der Waals surface area contributed by atoms with Crippen molar-refractivity contribution in [3.63, 3.8) is 0 Å². The topological polar surface area (TPSA) is 29.9 Å². The van der Waals surface area contributed by atoms with E-state index in [4.69, 9.17) is 0 Å². The van der Waals surface area contributed by atoms with Gasteiger partial charge in [0.1, 0.15) is 0 Å². The molecule has 1 aromatic heterocycles. The molecule has 0 radical (unpaired) electrons. The molecule has 1 N–H and O–H groups in total. The Morgan fingerprint density at radius 2 is 2.18 bits per heavy atom. The molecule has 2 heterocycles. The molecule has 0 unspecified atom stereocenters. The predicted molar refractivity (Wildman–Crippen MR) is 73.0 cm³/mol. The molecule has 1 fully saturated rings. The lowest BCUT2D eigenvalue weighted by Crippen LogP contribution is -2.29. The third kappa shape index (κ3) is 2.38. The van der Waals surface area contributed by atoms with Crippen molar-refractivity contribution in [2.24, 2.45) is 5.92 Å². The fourth-order valence-corrected chi connectivity index (χ4v) is 2.87. The van der Waals surface area contributed by atoms with Crippen LogP contribution in [0.1, 0.15) is 12.8 Å². The summed E-state index contributed by atoms with van der Waals surface area (Å²) in [5, 5.41) is 3.41. The smallest absolute Gasteiger partial charge is 0.0958 e. The van der Waals surface area contributed by atoms with Crippen molar-refractivity contribution in [3.8, 4) is 0 Å². The Morgan fingerprint density at radius 1 is 1.35 bits per heavy atom. The molecule has 1 aromatic carbocycles. The Kier molecular flexibility index (Phi) is 3.16. The molecule has 0 amide bonds. The monoisotopic (exact) mass is 293 g/mol. The van der Waals surface area contributed by atoms with E-state index >= 15 is 0 Å². The van der Waals surface area contributed by atoms with Crippen LogP contribution < -0.4 is 5.32 Å². The zero-order valence-corrected chi connectivity index (χ0v) is 11.3. The van der Waals surface area contributed by atoms with Crippen LogP contribution in [-0.4, -0.2) is 22.6 Å². The van der Waals surface area contributed by atoms with E-state index in [0.717, 1.165) is 35.5 Å². The van der Waals surface area contributed by atoms with E-state index < -0.39 is 0 Å². The Labute approximate surface area is 109 Å². The molecule has 4 heteroatoms. The van der Waals surface area contributed by atoms with E-state index in [2.05, 4.69) is 42.9 Å². The number of rotatable bonds is 2. The summed E-state index contributed by atoms with van der Waals surface area (Å²) in [6, 6.07) is 6.27. The van der Waals surface area contributed by atoms with Crippen LogP contribution in [0.2, 0.25) is 0 Å².